The molecule has 1 atom stereocenters. The van der Waals surface area contributed by atoms with Crippen LogP contribution in [0.2, 0.25) is 0 Å². The van der Waals surface area contributed by atoms with Gasteiger partial charge in [0.15, 0.2) is 0 Å². The topological polar surface area (TPSA) is 3.24 Å². The van der Waals surface area contributed by atoms with Gasteiger partial charge >= 0.3 is 0 Å². The summed E-state index contributed by atoms with van der Waals surface area (Å²) in [5.74, 6) is 0. The SMILES string of the molecule is CCN1c2cc(-c3cccs3)ccc2SC1C. The predicted molar refractivity (Wildman–Crippen MR) is 78.1 cm³/mol. The molecule has 1 aliphatic rings. The van der Waals surface area contributed by atoms with Crippen LogP contribution in [0.15, 0.2) is 40.6 Å². The normalized spacial score (nSPS) is 18.5. The average Bonchev–Trinajstić information content (AvgIpc) is 2.93. The second-order valence-corrected chi connectivity index (χ2v) is 6.47. The van der Waals surface area contributed by atoms with Crippen LogP contribution in [0.5, 0.6) is 0 Å². The van der Waals surface area contributed by atoms with Crippen LogP contribution in [0.25, 0.3) is 10.4 Å². The Hall–Kier alpha value is -0.930. The second-order valence-electron chi connectivity index (χ2n) is 4.16. The standard InChI is InChI=1S/C14H15NS2/c1-3-15-10(2)17-14-7-6-11(9-12(14)15)13-5-4-8-16-13/h4-10H,3H2,1-2H3. The van der Waals surface area contributed by atoms with Crippen molar-refractivity contribution >= 4 is 28.8 Å². The average molecular weight is 261 g/mol. The van der Waals surface area contributed by atoms with E-state index in [4.69, 9.17) is 0 Å². The van der Waals surface area contributed by atoms with E-state index in [-0.39, 0.29) is 0 Å². The monoisotopic (exact) mass is 261 g/mol. The van der Waals surface area contributed by atoms with Gasteiger partial charge in [0.25, 0.3) is 0 Å². The molecule has 0 amide bonds. The summed E-state index contributed by atoms with van der Waals surface area (Å²) in [7, 11) is 0. The van der Waals surface area contributed by atoms with Crippen molar-refractivity contribution < 1.29 is 0 Å². The summed E-state index contributed by atoms with van der Waals surface area (Å²) in [4.78, 5) is 5.24. The lowest BCUT2D eigenvalue weighted by Crippen LogP contribution is -2.25. The fourth-order valence-electron chi connectivity index (χ4n) is 2.31. The molecule has 1 aliphatic heterocycles. The lowest BCUT2D eigenvalue weighted by molar-refractivity contribution is 0.834. The number of fused-ring (bicyclic) bond motifs is 1. The van der Waals surface area contributed by atoms with Crippen LogP contribution in [0.3, 0.4) is 0 Å². The smallest absolute Gasteiger partial charge is 0.0769 e. The number of rotatable bonds is 2. The molecular weight excluding hydrogens is 246 g/mol. The van der Waals surface area contributed by atoms with Gasteiger partial charge in [-0.05, 0) is 43.0 Å². The molecule has 0 N–H and O–H groups in total. The van der Waals surface area contributed by atoms with Crippen LogP contribution < -0.4 is 4.90 Å². The van der Waals surface area contributed by atoms with Gasteiger partial charge in [0.05, 0.1) is 11.1 Å². The van der Waals surface area contributed by atoms with Crippen molar-refractivity contribution in [2.24, 2.45) is 0 Å². The van der Waals surface area contributed by atoms with E-state index in [2.05, 4.69) is 54.5 Å². The minimum Gasteiger partial charge on any atom is -0.359 e. The Labute approximate surface area is 110 Å². The molecule has 0 bridgehead atoms. The molecule has 0 saturated carbocycles. The van der Waals surface area contributed by atoms with Crippen LogP contribution in [0, 0.1) is 0 Å². The van der Waals surface area contributed by atoms with Crippen molar-refractivity contribution in [1.82, 2.24) is 0 Å². The minimum absolute atomic E-state index is 0.564. The number of nitrogens with zero attached hydrogens (tertiary/aromatic N) is 1. The fourth-order valence-corrected chi connectivity index (χ4v) is 4.23. The molecule has 1 aromatic carbocycles. The third-order valence-corrected chi connectivity index (χ3v) is 5.26. The quantitative estimate of drug-likeness (QED) is 0.771. The minimum atomic E-state index is 0.564. The summed E-state index contributed by atoms with van der Waals surface area (Å²) in [6.07, 6.45) is 0. The molecule has 17 heavy (non-hydrogen) atoms. The number of benzene rings is 1. The second kappa shape index (κ2) is 4.39. The van der Waals surface area contributed by atoms with Gasteiger partial charge in [-0.1, -0.05) is 23.9 Å². The van der Waals surface area contributed by atoms with E-state index in [1.54, 1.807) is 11.3 Å². The molecule has 1 unspecified atom stereocenters. The summed E-state index contributed by atoms with van der Waals surface area (Å²) in [5, 5.41) is 2.70. The largest absolute Gasteiger partial charge is 0.359 e. The maximum Gasteiger partial charge on any atom is 0.0769 e. The van der Waals surface area contributed by atoms with Gasteiger partial charge in [0.1, 0.15) is 0 Å². The lowest BCUT2D eigenvalue weighted by atomic mass is 10.1. The van der Waals surface area contributed by atoms with Gasteiger partial charge in [-0.15, -0.1) is 11.3 Å². The van der Waals surface area contributed by atoms with E-state index in [0.717, 1.165) is 6.54 Å². The Balaban J connectivity index is 2.05. The molecule has 0 saturated heterocycles. The van der Waals surface area contributed by atoms with Crippen LogP contribution >= 0.6 is 23.1 Å². The molecule has 3 rings (SSSR count). The highest BCUT2D eigenvalue weighted by Crippen LogP contribution is 2.44. The Morgan fingerprint density at radius 2 is 2.18 bits per heavy atom. The van der Waals surface area contributed by atoms with Gasteiger partial charge < -0.3 is 4.90 Å². The first-order valence-corrected chi connectivity index (χ1v) is 7.66. The number of hydrogen-bond donors (Lipinski definition) is 0. The van der Waals surface area contributed by atoms with Gasteiger partial charge in [-0.2, -0.15) is 0 Å². The van der Waals surface area contributed by atoms with E-state index in [1.165, 1.54) is 21.0 Å². The first-order valence-electron chi connectivity index (χ1n) is 5.91. The van der Waals surface area contributed by atoms with Crippen LogP contribution in [0.4, 0.5) is 5.69 Å². The number of anilines is 1. The fraction of sp³-hybridized carbons (Fsp3) is 0.286. The lowest BCUT2D eigenvalue weighted by Gasteiger charge is -2.21. The van der Waals surface area contributed by atoms with E-state index in [1.807, 2.05) is 11.8 Å². The summed E-state index contributed by atoms with van der Waals surface area (Å²) >= 11 is 3.76. The molecule has 1 aromatic heterocycles. The number of thiophene rings is 1. The summed E-state index contributed by atoms with van der Waals surface area (Å²) in [5.41, 5.74) is 2.74. The first kappa shape index (κ1) is 11.2. The van der Waals surface area contributed by atoms with Crippen molar-refractivity contribution in [3.8, 4) is 10.4 Å². The molecule has 0 spiro atoms. The molecular formula is C14H15NS2. The molecule has 0 aliphatic carbocycles. The number of thioether (sulfide) groups is 1. The van der Waals surface area contributed by atoms with Gasteiger partial charge in [0, 0.05) is 16.3 Å². The van der Waals surface area contributed by atoms with Crippen molar-refractivity contribution in [2.45, 2.75) is 24.1 Å². The molecule has 2 aromatic rings. The highest BCUT2D eigenvalue weighted by Gasteiger charge is 2.25. The third-order valence-electron chi connectivity index (χ3n) is 3.15. The number of hydrogen-bond acceptors (Lipinski definition) is 3. The summed E-state index contributed by atoms with van der Waals surface area (Å²) in [6, 6.07) is 11.1. The van der Waals surface area contributed by atoms with E-state index >= 15 is 0 Å². The molecule has 88 valence electrons. The molecule has 1 nitrogen and oxygen atoms in total. The van der Waals surface area contributed by atoms with Crippen LogP contribution in [-0.4, -0.2) is 11.9 Å². The zero-order chi connectivity index (χ0) is 11.8. The van der Waals surface area contributed by atoms with Gasteiger partial charge in [-0.3, -0.25) is 0 Å². The third kappa shape index (κ3) is 1.87. The Kier molecular flexibility index (Phi) is 2.89. The Morgan fingerprint density at radius 1 is 1.29 bits per heavy atom. The van der Waals surface area contributed by atoms with Crippen LogP contribution in [0.1, 0.15) is 13.8 Å². The van der Waals surface area contributed by atoms with Gasteiger partial charge in [0.2, 0.25) is 0 Å². The molecule has 0 radical (unpaired) electrons. The van der Waals surface area contributed by atoms with Crippen molar-refractivity contribution in [2.75, 3.05) is 11.4 Å². The van der Waals surface area contributed by atoms with E-state index in [9.17, 15) is 0 Å². The Morgan fingerprint density at radius 3 is 2.88 bits per heavy atom. The Bertz CT molecular complexity index is 519. The molecule has 3 heteroatoms. The summed E-state index contributed by atoms with van der Waals surface area (Å²) < 4.78 is 0. The maximum atomic E-state index is 2.47. The van der Waals surface area contributed by atoms with Crippen molar-refractivity contribution in [1.29, 1.82) is 0 Å². The first-order chi connectivity index (χ1) is 8.29. The maximum absolute atomic E-state index is 2.47. The highest BCUT2D eigenvalue weighted by atomic mass is 32.2. The zero-order valence-corrected chi connectivity index (χ0v) is 11.6. The van der Waals surface area contributed by atoms with Gasteiger partial charge in [-0.25, -0.2) is 0 Å². The van der Waals surface area contributed by atoms with E-state index < -0.39 is 0 Å². The van der Waals surface area contributed by atoms with E-state index in [0.29, 0.717) is 5.37 Å². The highest BCUT2D eigenvalue weighted by molar-refractivity contribution is 8.00. The summed E-state index contributed by atoms with van der Waals surface area (Å²) in [6.45, 7) is 5.58. The molecule has 2 heterocycles. The predicted octanol–water partition coefficient (Wildman–Crippen LogP) is 4.69. The van der Waals surface area contributed by atoms with Crippen LogP contribution in [-0.2, 0) is 0 Å². The zero-order valence-electron chi connectivity index (χ0n) is 10.0. The van der Waals surface area contributed by atoms with Crippen molar-refractivity contribution in [3.63, 3.8) is 0 Å². The van der Waals surface area contributed by atoms with Crippen molar-refractivity contribution in [3.05, 3.63) is 35.7 Å². The molecule has 0 fully saturated rings.